The largest absolute Gasteiger partial charge is 3.00 e. The minimum absolute atomic E-state index is 0. The van der Waals surface area contributed by atoms with Crippen LogP contribution >= 0.6 is 0 Å². The summed E-state index contributed by atoms with van der Waals surface area (Å²) in [5.41, 5.74) is 0. The SMILES string of the molecule is C[Si](C)(C)[N-][Si](C)(C)C.C[Si](C)(C)[N-][Si](C)(C)C.C[Si](C)(C)[N-][Si](C)(C)C.[Pr+3]. The van der Waals surface area contributed by atoms with Crippen LogP contribution in [-0.2, 0) is 0 Å². The van der Waals surface area contributed by atoms with Crippen LogP contribution in [0, 0.1) is 41.3 Å². The van der Waals surface area contributed by atoms with Crippen molar-refractivity contribution < 1.29 is 41.3 Å². The molecule has 0 amide bonds. The van der Waals surface area contributed by atoms with Gasteiger partial charge in [0.15, 0.2) is 0 Å². The maximum Gasteiger partial charge on any atom is 3.00 e. The zero-order valence-electron chi connectivity index (χ0n) is 22.9. The van der Waals surface area contributed by atoms with E-state index in [1.165, 1.54) is 0 Å². The molecule has 0 aromatic carbocycles. The maximum atomic E-state index is 4.82. The van der Waals surface area contributed by atoms with Crippen molar-refractivity contribution in [2.24, 2.45) is 0 Å². The standard InChI is InChI=1S/3C6H18NSi2.Pr/c3*1-8(2,3)7-9(4,5)6;/h3*1-6H3;/q3*-1;+3. The minimum Gasteiger partial charge on any atom is -0.668 e. The van der Waals surface area contributed by atoms with E-state index >= 15 is 0 Å². The van der Waals surface area contributed by atoms with E-state index in [1.54, 1.807) is 0 Å². The first-order valence-electron chi connectivity index (χ1n) is 10.3. The molecule has 0 fully saturated rings. The second-order valence-electron chi connectivity index (χ2n) is 13.4. The zero-order valence-corrected chi connectivity index (χ0v) is 32.6. The summed E-state index contributed by atoms with van der Waals surface area (Å²) in [5.74, 6) is 0. The Morgan fingerprint density at radius 1 is 0.250 bits per heavy atom. The maximum absolute atomic E-state index is 4.82. The van der Waals surface area contributed by atoms with Gasteiger partial charge in [0.2, 0.25) is 0 Å². The molecule has 0 aliphatic rings. The Hall–Kier alpha value is 2.54. The van der Waals surface area contributed by atoms with Gasteiger partial charge in [0, 0.05) is 0 Å². The van der Waals surface area contributed by atoms with Crippen LogP contribution in [-0.4, -0.2) is 49.4 Å². The normalized spacial score (nSPS) is 13.5. The van der Waals surface area contributed by atoms with Gasteiger partial charge < -0.3 is 13.9 Å². The van der Waals surface area contributed by atoms with Gasteiger partial charge in [-0.1, -0.05) is 167 Å². The Labute approximate surface area is 220 Å². The Morgan fingerprint density at radius 2 is 0.321 bits per heavy atom. The van der Waals surface area contributed by atoms with Gasteiger partial charge in [0.1, 0.15) is 0 Å². The predicted molar refractivity (Wildman–Crippen MR) is 150 cm³/mol. The zero-order chi connectivity index (χ0) is 23.1. The number of hydrogen-bond donors (Lipinski definition) is 0. The van der Waals surface area contributed by atoms with E-state index in [1.807, 2.05) is 0 Å². The first-order valence-corrected chi connectivity index (χ1v) is 31.0. The Kier molecular flexibility index (Phi) is 18.8. The molecular formula is C18H54N3PrSi6. The first-order chi connectivity index (χ1) is 11.1. The van der Waals surface area contributed by atoms with Crippen LogP contribution < -0.4 is 0 Å². The molecule has 0 aliphatic carbocycles. The van der Waals surface area contributed by atoms with E-state index in [0.717, 1.165) is 0 Å². The summed E-state index contributed by atoms with van der Waals surface area (Å²) < 4.78 is 14.5. The first kappa shape index (κ1) is 37.8. The monoisotopic (exact) mass is 621 g/mol. The summed E-state index contributed by atoms with van der Waals surface area (Å²) in [6.45, 7) is 41.3. The van der Waals surface area contributed by atoms with Gasteiger partial charge in [0.25, 0.3) is 0 Å². The smallest absolute Gasteiger partial charge is 0.668 e. The molecule has 0 aliphatic heterocycles. The molecule has 0 saturated heterocycles. The molecule has 0 heterocycles. The summed E-state index contributed by atoms with van der Waals surface area (Å²) in [6.07, 6.45) is 0. The average molecular weight is 622 g/mol. The Morgan fingerprint density at radius 3 is 0.321 bits per heavy atom. The van der Waals surface area contributed by atoms with E-state index in [-0.39, 0.29) is 41.3 Å². The van der Waals surface area contributed by atoms with Gasteiger partial charge in [-0.05, 0) is 0 Å². The molecule has 28 heavy (non-hydrogen) atoms. The molecule has 0 atom stereocenters. The van der Waals surface area contributed by atoms with Crippen LogP contribution in [0.5, 0.6) is 0 Å². The molecule has 0 rings (SSSR count). The van der Waals surface area contributed by atoms with Crippen LogP contribution in [0.15, 0.2) is 0 Å². The van der Waals surface area contributed by atoms with Gasteiger partial charge in [-0.15, -0.1) is 0 Å². The molecule has 0 unspecified atom stereocenters. The van der Waals surface area contributed by atoms with Crippen molar-refractivity contribution in [3.8, 4) is 0 Å². The molecule has 0 aromatic heterocycles. The van der Waals surface area contributed by atoms with Crippen molar-refractivity contribution in [3.05, 3.63) is 13.9 Å². The summed E-state index contributed by atoms with van der Waals surface area (Å²) in [4.78, 5) is 0. The molecule has 0 spiro atoms. The van der Waals surface area contributed by atoms with Gasteiger partial charge in [-0.25, -0.2) is 0 Å². The molecule has 10 heteroatoms. The summed E-state index contributed by atoms with van der Waals surface area (Å²) in [5, 5.41) is 0. The van der Waals surface area contributed by atoms with Crippen molar-refractivity contribution in [3.63, 3.8) is 0 Å². The quantitative estimate of drug-likeness (QED) is 0.266. The third-order valence-electron chi connectivity index (χ3n) is 2.01. The molecule has 168 valence electrons. The Balaban J connectivity index is -0.000000152. The predicted octanol–water partition coefficient (Wildman–Crippen LogP) is 9.09. The molecule has 0 N–H and O–H groups in total. The third kappa shape index (κ3) is 51.3. The number of rotatable bonds is 6. The second-order valence-corrected chi connectivity index (χ2v) is 42.1. The summed E-state index contributed by atoms with van der Waals surface area (Å²) >= 11 is 0. The van der Waals surface area contributed by atoms with Gasteiger partial charge in [0.05, 0.1) is 0 Å². The fraction of sp³-hybridized carbons (Fsp3) is 1.00. The molecule has 3 nitrogen and oxygen atoms in total. The fourth-order valence-electron chi connectivity index (χ4n) is 3.02. The second kappa shape index (κ2) is 13.9. The van der Waals surface area contributed by atoms with Crippen molar-refractivity contribution in [1.82, 2.24) is 0 Å². The van der Waals surface area contributed by atoms with Gasteiger partial charge in [-0.2, -0.15) is 0 Å². The van der Waals surface area contributed by atoms with Crippen molar-refractivity contribution in [2.45, 2.75) is 118 Å². The van der Waals surface area contributed by atoms with Crippen molar-refractivity contribution >= 4 is 49.4 Å². The molecule has 0 aromatic rings. The van der Waals surface area contributed by atoms with Crippen LogP contribution in [0.3, 0.4) is 0 Å². The van der Waals surface area contributed by atoms with Crippen molar-refractivity contribution in [2.75, 3.05) is 0 Å². The van der Waals surface area contributed by atoms with Gasteiger partial charge in [-0.3, -0.25) is 0 Å². The number of hydrogen-bond acceptors (Lipinski definition) is 0. The van der Waals surface area contributed by atoms with E-state index in [0.29, 0.717) is 0 Å². The molecule has 0 bridgehead atoms. The van der Waals surface area contributed by atoms with Gasteiger partial charge >= 0.3 is 41.3 Å². The Bertz CT molecular complexity index is 297. The molecule has 0 saturated carbocycles. The fourth-order valence-corrected chi connectivity index (χ4v) is 27.2. The molecule has 0 radical (unpaired) electrons. The van der Waals surface area contributed by atoms with E-state index in [9.17, 15) is 0 Å². The molecular weight excluding hydrogens is 568 g/mol. The van der Waals surface area contributed by atoms with Crippen LogP contribution in [0.25, 0.3) is 13.9 Å². The van der Waals surface area contributed by atoms with Crippen molar-refractivity contribution in [1.29, 1.82) is 0 Å². The van der Waals surface area contributed by atoms with E-state index in [2.05, 4.69) is 118 Å². The summed E-state index contributed by atoms with van der Waals surface area (Å²) in [7, 11) is -6.64. The minimum atomic E-state index is -1.11. The average Bonchev–Trinajstić information content (AvgIpc) is 1.96. The van der Waals surface area contributed by atoms with Crippen LogP contribution in [0.1, 0.15) is 0 Å². The topological polar surface area (TPSA) is 42.3 Å². The third-order valence-corrected chi connectivity index (χ3v) is 18.1. The number of nitrogens with zero attached hydrogens (tertiary/aromatic N) is 3. The van der Waals surface area contributed by atoms with E-state index < -0.39 is 49.4 Å². The van der Waals surface area contributed by atoms with Crippen LogP contribution in [0.4, 0.5) is 0 Å². The van der Waals surface area contributed by atoms with E-state index in [4.69, 9.17) is 13.9 Å². The van der Waals surface area contributed by atoms with Crippen LogP contribution in [0.2, 0.25) is 118 Å². The summed E-state index contributed by atoms with van der Waals surface area (Å²) in [6, 6.07) is 0.